The highest BCUT2D eigenvalue weighted by Crippen LogP contribution is 2.10. The molecule has 17 heavy (non-hydrogen) atoms. The molecule has 0 aliphatic rings. The summed E-state index contributed by atoms with van der Waals surface area (Å²) in [5.41, 5.74) is 1.61. The minimum atomic E-state index is -1.04. The number of nitrogens with one attached hydrogen (secondary N) is 2. The molecule has 1 heterocycles. The van der Waals surface area contributed by atoms with Gasteiger partial charge in [-0.2, -0.15) is 5.10 Å². The standard InChI is InChI=1S/C11H17N3O3/c1-5(2)9(11(16)17)12-10(15)8-6(3)13-14-7(8)4/h5,9H,1-4H3,(H,12,15)(H,13,14)(H,16,17)/t9-/m1/s1. The molecular weight excluding hydrogens is 222 g/mol. The highest BCUT2D eigenvalue weighted by molar-refractivity contribution is 5.98. The van der Waals surface area contributed by atoms with Crippen LogP contribution in [0.25, 0.3) is 0 Å². The molecule has 0 aliphatic carbocycles. The Morgan fingerprint density at radius 2 is 1.94 bits per heavy atom. The molecule has 0 unspecified atom stereocenters. The molecule has 6 heteroatoms. The van der Waals surface area contributed by atoms with E-state index in [0.29, 0.717) is 17.0 Å². The Kier molecular flexibility index (Phi) is 3.88. The van der Waals surface area contributed by atoms with Gasteiger partial charge in [-0.1, -0.05) is 13.8 Å². The lowest BCUT2D eigenvalue weighted by Crippen LogP contribution is -2.44. The molecule has 1 aromatic heterocycles. The molecule has 0 bridgehead atoms. The quantitative estimate of drug-likeness (QED) is 0.726. The fourth-order valence-electron chi connectivity index (χ4n) is 1.61. The molecule has 0 aliphatic heterocycles. The van der Waals surface area contributed by atoms with E-state index in [9.17, 15) is 9.59 Å². The first-order chi connectivity index (χ1) is 7.84. The Morgan fingerprint density at radius 1 is 1.35 bits per heavy atom. The van der Waals surface area contributed by atoms with Crippen molar-refractivity contribution < 1.29 is 14.7 Å². The van der Waals surface area contributed by atoms with E-state index in [0.717, 1.165) is 0 Å². The fraction of sp³-hybridized carbons (Fsp3) is 0.545. The number of aliphatic carboxylic acids is 1. The van der Waals surface area contributed by atoms with Gasteiger partial charge in [0, 0.05) is 5.69 Å². The monoisotopic (exact) mass is 239 g/mol. The average Bonchev–Trinajstić information content (AvgIpc) is 2.53. The zero-order chi connectivity index (χ0) is 13.2. The van der Waals surface area contributed by atoms with Gasteiger partial charge >= 0.3 is 5.97 Å². The molecule has 0 saturated carbocycles. The van der Waals surface area contributed by atoms with E-state index < -0.39 is 17.9 Å². The SMILES string of the molecule is Cc1n[nH]c(C)c1C(=O)N[C@@H](C(=O)O)C(C)C. The lowest BCUT2D eigenvalue weighted by Gasteiger charge is -2.17. The second-order valence-electron chi connectivity index (χ2n) is 4.34. The predicted octanol–water partition coefficient (Wildman–Crippen LogP) is 0.866. The Bertz CT molecular complexity index is 418. The molecule has 0 saturated heterocycles. The van der Waals surface area contributed by atoms with Crippen molar-refractivity contribution in [1.82, 2.24) is 15.5 Å². The van der Waals surface area contributed by atoms with Crippen molar-refractivity contribution in [2.75, 3.05) is 0 Å². The summed E-state index contributed by atoms with van der Waals surface area (Å²) in [6.45, 7) is 6.91. The number of carbonyl (C=O) groups is 2. The molecule has 1 rings (SSSR count). The van der Waals surface area contributed by atoms with E-state index in [1.165, 1.54) is 0 Å². The van der Waals surface area contributed by atoms with Crippen molar-refractivity contribution in [3.05, 3.63) is 17.0 Å². The number of hydrogen-bond acceptors (Lipinski definition) is 3. The topological polar surface area (TPSA) is 95.1 Å². The Morgan fingerprint density at radius 3 is 2.29 bits per heavy atom. The lowest BCUT2D eigenvalue weighted by atomic mass is 10.0. The Hall–Kier alpha value is -1.85. The Balaban J connectivity index is 2.89. The maximum absolute atomic E-state index is 11.9. The number of nitrogens with zero attached hydrogens (tertiary/aromatic N) is 1. The van der Waals surface area contributed by atoms with Crippen LogP contribution in [0.15, 0.2) is 0 Å². The van der Waals surface area contributed by atoms with E-state index in [1.54, 1.807) is 27.7 Å². The van der Waals surface area contributed by atoms with Crippen LogP contribution in [0, 0.1) is 19.8 Å². The first kappa shape index (κ1) is 13.2. The number of H-pyrrole nitrogens is 1. The van der Waals surface area contributed by atoms with Gasteiger partial charge in [-0.25, -0.2) is 4.79 Å². The van der Waals surface area contributed by atoms with Gasteiger partial charge in [0.05, 0.1) is 11.3 Å². The molecular formula is C11H17N3O3. The normalized spacial score (nSPS) is 12.5. The molecule has 6 nitrogen and oxygen atoms in total. The minimum absolute atomic E-state index is 0.177. The van der Waals surface area contributed by atoms with E-state index >= 15 is 0 Å². The first-order valence-electron chi connectivity index (χ1n) is 5.39. The molecule has 0 radical (unpaired) electrons. The number of aromatic amines is 1. The lowest BCUT2D eigenvalue weighted by molar-refractivity contribution is -0.140. The highest BCUT2D eigenvalue weighted by Gasteiger charge is 2.25. The van der Waals surface area contributed by atoms with E-state index in [1.807, 2.05) is 0 Å². The number of aryl methyl sites for hydroxylation is 2. The van der Waals surface area contributed by atoms with Crippen molar-refractivity contribution in [3.8, 4) is 0 Å². The van der Waals surface area contributed by atoms with Gasteiger partial charge in [0.2, 0.25) is 0 Å². The molecule has 0 aromatic carbocycles. The van der Waals surface area contributed by atoms with Crippen LogP contribution in [0.5, 0.6) is 0 Å². The largest absolute Gasteiger partial charge is 0.480 e. The van der Waals surface area contributed by atoms with Gasteiger partial charge in [-0.3, -0.25) is 9.89 Å². The third-order valence-corrected chi connectivity index (χ3v) is 2.57. The van der Waals surface area contributed by atoms with E-state index in [2.05, 4.69) is 15.5 Å². The van der Waals surface area contributed by atoms with E-state index in [-0.39, 0.29) is 5.92 Å². The van der Waals surface area contributed by atoms with Gasteiger partial charge in [0.25, 0.3) is 5.91 Å². The highest BCUT2D eigenvalue weighted by atomic mass is 16.4. The van der Waals surface area contributed by atoms with Gasteiger partial charge in [0.1, 0.15) is 6.04 Å². The fourth-order valence-corrected chi connectivity index (χ4v) is 1.61. The summed E-state index contributed by atoms with van der Waals surface area (Å²) in [7, 11) is 0. The maximum Gasteiger partial charge on any atom is 0.326 e. The van der Waals surface area contributed by atoms with Crippen LogP contribution in [-0.4, -0.2) is 33.2 Å². The zero-order valence-corrected chi connectivity index (χ0v) is 10.4. The number of amides is 1. The van der Waals surface area contributed by atoms with Gasteiger partial charge in [-0.05, 0) is 19.8 Å². The summed E-state index contributed by atoms with van der Waals surface area (Å²) in [5.74, 6) is -1.62. The molecule has 1 amide bonds. The molecule has 1 atom stereocenters. The molecule has 0 fully saturated rings. The van der Waals surface area contributed by atoms with Gasteiger partial charge in [0.15, 0.2) is 0 Å². The summed E-state index contributed by atoms with van der Waals surface area (Å²) < 4.78 is 0. The van der Waals surface area contributed by atoms with Crippen molar-refractivity contribution in [2.24, 2.45) is 5.92 Å². The number of carboxylic acids is 1. The van der Waals surface area contributed by atoms with Crippen molar-refractivity contribution in [1.29, 1.82) is 0 Å². The number of carboxylic acid groups (broad SMARTS) is 1. The summed E-state index contributed by atoms with van der Waals surface area (Å²) in [6, 6.07) is -0.892. The van der Waals surface area contributed by atoms with Crippen LogP contribution in [0.2, 0.25) is 0 Å². The predicted molar refractivity (Wildman–Crippen MR) is 61.8 cm³/mol. The molecule has 0 spiro atoms. The van der Waals surface area contributed by atoms with Crippen LogP contribution >= 0.6 is 0 Å². The molecule has 3 N–H and O–H groups in total. The Labute approximate surface area is 99.4 Å². The van der Waals surface area contributed by atoms with Crippen molar-refractivity contribution in [3.63, 3.8) is 0 Å². The zero-order valence-electron chi connectivity index (χ0n) is 10.4. The molecule has 94 valence electrons. The second kappa shape index (κ2) is 4.99. The van der Waals surface area contributed by atoms with E-state index in [4.69, 9.17) is 5.11 Å². The summed E-state index contributed by atoms with van der Waals surface area (Å²) in [4.78, 5) is 22.9. The first-order valence-corrected chi connectivity index (χ1v) is 5.39. The molecule has 1 aromatic rings. The number of aromatic nitrogens is 2. The number of rotatable bonds is 4. The number of carbonyl (C=O) groups excluding carboxylic acids is 1. The van der Waals surface area contributed by atoms with Crippen LogP contribution in [-0.2, 0) is 4.79 Å². The minimum Gasteiger partial charge on any atom is -0.480 e. The van der Waals surface area contributed by atoms with Gasteiger partial charge < -0.3 is 10.4 Å². The third-order valence-electron chi connectivity index (χ3n) is 2.57. The smallest absolute Gasteiger partial charge is 0.326 e. The second-order valence-corrected chi connectivity index (χ2v) is 4.34. The van der Waals surface area contributed by atoms with Crippen LogP contribution in [0.4, 0.5) is 0 Å². The van der Waals surface area contributed by atoms with Gasteiger partial charge in [-0.15, -0.1) is 0 Å². The summed E-state index contributed by atoms with van der Waals surface area (Å²) in [6.07, 6.45) is 0. The number of hydrogen-bond donors (Lipinski definition) is 3. The third kappa shape index (κ3) is 2.83. The maximum atomic E-state index is 11.9. The van der Waals surface area contributed by atoms with Crippen LogP contribution in [0.1, 0.15) is 35.6 Å². The van der Waals surface area contributed by atoms with Crippen LogP contribution < -0.4 is 5.32 Å². The van der Waals surface area contributed by atoms with Crippen molar-refractivity contribution >= 4 is 11.9 Å². The summed E-state index contributed by atoms with van der Waals surface area (Å²) in [5, 5.41) is 18.1. The average molecular weight is 239 g/mol. The van der Waals surface area contributed by atoms with Crippen LogP contribution in [0.3, 0.4) is 0 Å². The van der Waals surface area contributed by atoms with Crippen molar-refractivity contribution in [2.45, 2.75) is 33.7 Å². The summed E-state index contributed by atoms with van der Waals surface area (Å²) >= 11 is 0.